The van der Waals surface area contributed by atoms with Crippen molar-refractivity contribution in [3.63, 3.8) is 0 Å². The number of hydrogen-bond acceptors (Lipinski definition) is 6. The molecular formula is C17H24BrNO6S. The van der Waals surface area contributed by atoms with Crippen LogP contribution >= 0.6 is 15.9 Å². The molecule has 0 unspecified atom stereocenters. The average molecular weight is 450 g/mol. The molecule has 1 rings (SSSR count). The first-order valence-corrected chi connectivity index (χ1v) is 10.3. The van der Waals surface area contributed by atoms with Gasteiger partial charge in [0.1, 0.15) is 11.6 Å². The van der Waals surface area contributed by atoms with E-state index in [1.54, 1.807) is 46.8 Å². The molecule has 1 atom stereocenters. The summed E-state index contributed by atoms with van der Waals surface area (Å²) < 4.78 is 38.0. The molecule has 1 N–H and O–H groups in total. The topological polar surface area (TPSA) is 98.8 Å². The predicted molar refractivity (Wildman–Crippen MR) is 99.9 cm³/mol. The number of carbonyl (C=O) groups excluding carboxylic acids is 2. The first-order chi connectivity index (χ1) is 11.8. The van der Waals surface area contributed by atoms with Crippen LogP contribution in [0.15, 0.2) is 33.6 Å². The van der Waals surface area contributed by atoms with Gasteiger partial charge in [-0.1, -0.05) is 29.8 Å². The second kappa shape index (κ2) is 8.96. The monoisotopic (exact) mass is 449 g/mol. The lowest BCUT2D eigenvalue weighted by atomic mass is 10.1. The van der Waals surface area contributed by atoms with Crippen LogP contribution < -0.4 is 4.72 Å². The highest BCUT2D eigenvalue weighted by molar-refractivity contribution is 9.10. The van der Waals surface area contributed by atoms with Gasteiger partial charge in [0, 0.05) is 4.47 Å². The van der Waals surface area contributed by atoms with Crippen molar-refractivity contribution in [2.75, 3.05) is 6.61 Å². The van der Waals surface area contributed by atoms with Crippen molar-refractivity contribution < 1.29 is 27.5 Å². The Balaban J connectivity index is 2.80. The molecule has 1 aromatic carbocycles. The maximum Gasteiger partial charge on any atom is 0.344 e. The van der Waals surface area contributed by atoms with E-state index in [1.807, 2.05) is 0 Å². The van der Waals surface area contributed by atoms with Crippen LogP contribution in [0.3, 0.4) is 0 Å². The molecule has 7 nitrogen and oxygen atoms in total. The van der Waals surface area contributed by atoms with Crippen molar-refractivity contribution in [2.24, 2.45) is 5.92 Å². The predicted octanol–water partition coefficient (Wildman–Crippen LogP) is 2.64. The van der Waals surface area contributed by atoms with E-state index in [1.165, 1.54) is 12.1 Å². The highest BCUT2D eigenvalue weighted by Gasteiger charge is 2.30. The second-order valence-corrected chi connectivity index (χ2v) is 9.62. The number of ether oxygens (including phenoxy) is 2. The third-order valence-corrected chi connectivity index (χ3v) is 5.06. The molecule has 9 heteroatoms. The fraction of sp³-hybridized carbons (Fsp3) is 0.529. The number of nitrogens with one attached hydrogen (secondary N) is 1. The van der Waals surface area contributed by atoms with E-state index in [-0.39, 0.29) is 10.8 Å². The molecule has 0 aliphatic rings. The van der Waals surface area contributed by atoms with Gasteiger partial charge in [-0.05, 0) is 51.0 Å². The van der Waals surface area contributed by atoms with Crippen LogP contribution in [0.5, 0.6) is 0 Å². The third kappa shape index (κ3) is 7.43. The molecule has 0 amide bonds. The van der Waals surface area contributed by atoms with Crippen molar-refractivity contribution in [1.82, 2.24) is 4.72 Å². The van der Waals surface area contributed by atoms with Gasteiger partial charge in [-0.25, -0.2) is 13.2 Å². The lowest BCUT2D eigenvalue weighted by molar-refractivity contribution is -0.167. The lowest BCUT2D eigenvalue weighted by Gasteiger charge is -2.22. The van der Waals surface area contributed by atoms with E-state index < -0.39 is 40.2 Å². The first kappa shape index (κ1) is 22.6. The molecule has 26 heavy (non-hydrogen) atoms. The number of halogens is 1. The number of hydrogen-bond donors (Lipinski definition) is 1. The number of carbonyl (C=O) groups is 2. The maximum atomic E-state index is 12.5. The van der Waals surface area contributed by atoms with Crippen LogP contribution in [0.1, 0.15) is 34.6 Å². The van der Waals surface area contributed by atoms with E-state index in [0.29, 0.717) is 0 Å². The van der Waals surface area contributed by atoms with Gasteiger partial charge in [0.2, 0.25) is 10.0 Å². The van der Waals surface area contributed by atoms with Crippen LogP contribution in [0.25, 0.3) is 0 Å². The van der Waals surface area contributed by atoms with E-state index in [2.05, 4.69) is 20.7 Å². The Labute approximate surface area is 162 Å². The SMILES string of the molecule is CC(C)[C@H](NS(=O)(=O)c1ccc(Br)cc1)C(=O)OCC(=O)OC(C)(C)C. The molecule has 0 aliphatic heterocycles. The second-order valence-electron chi connectivity index (χ2n) is 6.99. The third-order valence-electron chi connectivity index (χ3n) is 3.08. The van der Waals surface area contributed by atoms with Crippen molar-refractivity contribution in [2.45, 2.75) is 51.2 Å². The summed E-state index contributed by atoms with van der Waals surface area (Å²) in [5.74, 6) is -1.93. The van der Waals surface area contributed by atoms with Gasteiger partial charge in [0.25, 0.3) is 0 Å². The summed E-state index contributed by atoms with van der Waals surface area (Å²) in [6.45, 7) is 7.83. The zero-order chi connectivity index (χ0) is 20.1. The van der Waals surface area contributed by atoms with Crippen LogP contribution in [0, 0.1) is 5.92 Å². The molecule has 0 bridgehead atoms. The minimum atomic E-state index is -3.92. The number of sulfonamides is 1. The zero-order valence-electron chi connectivity index (χ0n) is 15.4. The minimum absolute atomic E-state index is 0.0197. The molecule has 0 spiro atoms. The summed E-state index contributed by atoms with van der Waals surface area (Å²) in [5.41, 5.74) is -0.704. The van der Waals surface area contributed by atoms with Gasteiger partial charge >= 0.3 is 11.9 Å². The van der Waals surface area contributed by atoms with E-state index >= 15 is 0 Å². The Morgan fingerprint density at radius 1 is 1.15 bits per heavy atom. The highest BCUT2D eigenvalue weighted by Crippen LogP contribution is 2.16. The van der Waals surface area contributed by atoms with Crippen LogP contribution in [0.4, 0.5) is 0 Å². The Kier molecular flexibility index (Phi) is 7.79. The Morgan fingerprint density at radius 3 is 2.15 bits per heavy atom. The van der Waals surface area contributed by atoms with Crippen molar-refractivity contribution in [3.05, 3.63) is 28.7 Å². The summed E-state index contributed by atoms with van der Waals surface area (Å²) in [4.78, 5) is 23.9. The molecule has 0 saturated heterocycles. The largest absolute Gasteiger partial charge is 0.457 e. The van der Waals surface area contributed by atoms with Crippen LogP contribution in [-0.2, 0) is 29.1 Å². The van der Waals surface area contributed by atoms with Crippen LogP contribution in [0.2, 0.25) is 0 Å². The molecule has 0 heterocycles. The maximum absolute atomic E-state index is 12.5. The summed E-state index contributed by atoms with van der Waals surface area (Å²) >= 11 is 3.23. The molecule has 0 radical (unpaired) electrons. The summed E-state index contributed by atoms with van der Waals surface area (Å²) in [6.07, 6.45) is 0. The Hall–Kier alpha value is -1.45. The van der Waals surface area contributed by atoms with Gasteiger partial charge < -0.3 is 9.47 Å². The van der Waals surface area contributed by atoms with E-state index in [9.17, 15) is 18.0 Å². The molecule has 0 fully saturated rings. The highest BCUT2D eigenvalue weighted by atomic mass is 79.9. The Morgan fingerprint density at radius 2 is 1.69 bits per heavy atom. The van der Waals surface area contributed by atoms with Crippen molar-refractivity contribution in [3.8, 4) is 0 Å². The van der Waals surface area contributed by atoms with Gasteiger partial charge in [0.15, 0.2) is 6.61 Å². The molecule has 0 saturated carbocycles. The standard InChI is InChI=1S/C17H24BrNO6S/c1-11(2)15(16(21)24-10-14(20)25-17(3,4)5)19-26(22,23)13-8-6-12(18)7-9-13/h6-9,11,15,19H,10H2,1-5H3/t15-/m0/s1. The fourth-order valence-electron chi connectivity index (χ4n) is 1.90. The molecule has 1 aromatic rings. The van der Waals surface area contributed by atoms with E-state index in [4.69, 9.17) is 9.47 Å². The minimum Gasteiger partial charge on any atom is -0.457 e. The zero-order valence-corrected chi connectivity index (χ0v) is 17.8. The molecule has 146 valence electrons. The van der Waals surface area contributed by atoms with Crippen molar-refractivity contribution in [1.29, 1.82) is 0 Å². The van der Waals surface area contributed by atoms with Gasteiger partial charge in [-0.2, -0.15) is 4.72 Å². The summed E-state index contributed by atoms with van der Waals surface area (Å²) in [5, 5.41) is 0. The van der Waals surface area contributed by atoms with Gasteiger partial charge in [-0.15, -0.1) is 0 Å². The van der Waals surface area contributed by atoms with Gasteiger partial charge in [0.05, 0.1) is 4.90 Å². The number of rotatable bonds is 7. The van der Waals surface area contributed by atoms with Crippen molar-refractivity contribution >= 4 is 37.9 Å². The fourth-order valence-corrected chi connectivity index (χ4v) is 3.49. The smallest absolute Gasteiger partial charge is 0.344 e. The Bertz CT molecular complexity index is 738. The molecule has 0 aliphatic carbocycles. The van der Waals surface area contributed by atoms with Gasteiger partial charge in [-0.3, -0.25) is 4.79 Å². The number of esters is 2. The average Bonchev–Trinajstić information content (AvgIpc) is 2.49. The normalized spacial score (nSPS) is 13.3. The first-order valence-electron chi connectivity index (χ1n) is 7.98. The lowest BCUT2D eigenvalue weighted by Crippen LogP contribution is -2.45. The summed E-state index contributed by atoms with van der Waals surface area (Å²) in [7, 11) is -3.92. The quantitative estimate of drug-likeness (QED) is 0.642. The summed E-state index contributed by atoms with van der Waals surface area (Å²) in [6, 6.07) is 4.86. The molecular weight excluding hydrogens is 426 g/mol. The molecule has 0 aromatic heterocycles. The van der Waals surface area contributed by atoms with Crippen LogP contribution in [-0.4, -0.2) is 38.6 Å². The van der Waals surface area contributed by atoms with E-state index in [0.717, 1.165) is 4.47 Å². The number of benzene rings is 1.